The van der Waals surface area contributed by atoms with Crippen molar-refractivity contribution in [2.75, 3.05) is 10.7 Å². The minimum absolute atomic E-state index is 0.211. The Morgan fingerprint density at radius 1 is 0.935 bits per heavy atom. The minimum Gasteiger partial charge on any atom is -0.508 e. The highest BCUT2D eigenvalue weighted by Crippen LogP contribution is 2.25. The predicted molar refractivity (Wildman–Crippen MR) is 119 cm³/mol. The Balaban J connectivity index is 1.36. The number of hydrogen-bond acceptors (Lipinski definition) is 7. The first-order valence-electron chi connectivity index (χ1n) is 9.47. The summed E-state index contributed by atoms with van der Waals surface area (Å²) in [5.74, 6) is -0.0132. The van der Waals surface area contributed by atoms with Crippen LogP contribution >= 0.6 is 0 Å². The number of aromatic nitrogens is 3. The van der Waals surface area contributed by atoms with Gasteiger partial charge >= 0.3 is 0 Å². The Labute approximate surface area is 178 Å². The number of aromatic hydroxyl groups is 1. The molecule has 0 saturated carbocycles. The molecule has 0 fully saturated rings. The van der Waals surface area contributed by atoms with Gasteiger partial charge in [0.2, 0.25) is 5.95 Å². The van der Waals surface area contributed by atoms with Crippen molar-refractivity contribution in [3.8, 4) is 16.9 Å². The lowest BCUT2D eigenvalue weighted by Crippen LogP contribution is -2.00. The molecule has 4 rings (SSSR count). The second-order valence-electron chi connectivity index (χ2n) is 6.72. The van der Waals surface area contributed by atoms with E-state index in [1.165, 1.54) is 6.21 Å². The fourth-order valence-corrected chi connectivity index (χ4v) is 2.82. The number of anilines is 3. The molecule has 2 aromatic heterocycles. The van der Waals surface area contributed by atoms with Gasteiger partial charge in [-0.1, -0.05) is 24.3 Å². The summed E-state index contributed by atoms with van der Waals surface area (Å²) in [5.41, 5.74) is 7.23. The summed E-state index contributed by atoms with van der Waals surface area (Å²) in [5, 5.41) is 16.9. The van der Waals surface area contributed by atoms with E-state index in [9.17, 15) is 9.50 Å². The maximum Gasteiger partial charge on any atom is 0.243 e. The van der Waals surface area contributed by atoms with Crippen molar-refractivity contribution in [3.05, 3.63) is 90.3 Å². The van der Waals surface area contributed by atoms with Gasteiger partial charge in [0.25, 0.3) is 0 Å². The van der Waals surface area contributed by atoms with Gasteiger partial charge in [-0.15, -0.1) is 0 Å². The molecule has 31 heavy (non-hydrogen) atoms. The van der Waals surface area contributed by atoms with E-state index in [-0.39, 0.29) is 17.4 Å². The van der Waals surface area contributed by atoms with Gasteiger partial charge in [0.1, 0.15) is 5.75 Å². The van der Waals surface area contributed by atoms with Gasteiger partial charge < -0.3 is 10.4 Å². The SMILES string of the molecule is Cc1nc(N/N=C/c2ccc(Nc3ccc(-c4cccc(O)c4)cc3)cn2)ncc1F. The van der Waals surface area contributed by atoms with Crippen molar-refractivity contribution in [3.63, 3.8) is 0 Å². The molecule has 3 N–H and O–H groups in total. The summed E-state index contributed by atoms with van der Waals surface area (Å²) in [7, 11) is 0. The molecule has 2 aromatic carbocycles. The smallest absolute Gasteiger partial charge is 0.243 e. The van der Waals surface area contributed by atoms with Crippen LogP contribution in [-0.4, -0.2) is 26.3 Å². The lowest BCUT2D eigenvalue weighted by Gasteiger charge is -2.08. The van der Waals surface area contributed by atoms with Gasteiger partial charge in [0.15, 0.2) is 5.82 Å². The highest BCUT2D eigenvalue weighted by atomic mass is 19.1. The molecule has 0 aliphatic rings. The number of nitrogens with one attached hydrogen (secondary N) is 2. The van der Waals surface area contributed by atoms with Crippen LogP contribution in [0.5, 0.6) is 5.75 Å². The monoisotopic (exact) mass is 414 g/mol. The Morgan fingerprint density at radius 3 is 2.45 bits per heavy atom. The van der Waals surface area contributed by atoms with Crippen LogP contribution in [0.25, 0.3) is 11.1 Å². The Morgan fingerprint density at radius 2 is 1.74 bits per heavy atom. The van der Waals surface area contributed by atoms with Crippen LogP contribution in [-0.2, 0) is 0 Å². The number of aryl methyl sites for hydroxylation is 1. The molecule has 0 spiro atoms. The highest BCUT2D eigenvalue weighted by Gasteiger charge is 2.02. The van der Waals surface area contributed by atoms with Crippen LogP contribution in [0.15, 0.2) is 78.2 Å². The third-order valence-corrected chi connectivity index (χ3v) is 4.42. The number of benzene rings is 2. The lowest BCUT2D eigenvalue weighted by atomic mass is 10.1. The number of phenolic OH excluding ortho intramolecular Hbond substituents is 1. The predicted octanol–water partition coefficient (Wildman–Crippen LogP) is 4.88. The molecule has 0 bridgehead atoms. The van der Waals surface area contributed by atoms with Gasteiger partial charge in [-0.05, 0) is 54.4 Å². The molecule has 0 radical (unpaired) electrons. The summed E-state index contributed by atoms with van der Waals surface area (Å²) in [6.45, 7) is 1.55. The first-order valence-corrected chi connectivity index (χ1v) is 9.47. The third kappa shape index (κ3) is 5.18. The molecule has 2 heterocycles. The minimum atomic E-state index is -0.465. The van der Waals surface area contributed by atoms with E-state index in [1.807, 2.05) is 48.5 Å². The number of hydrazone groups is 1. The first-order chi connectivity index (χ1) is 15.1. The second kappa shape index (κ2) is 9.00. The van der Waals surface area contributed by atoms with Crippen LogP contribution in [0.3, 0.4) is 0 Å². The number of nitrogens with zero attached hydrogens (tertiary/aromatic N) is 4. The number of pyridine rings is 1. The molecular formula is C23H19FN6O. The average molecular weight is 414 g/mol. The van der Waals surface area contributed by atoms with Crippen LogP contribution in [0.4, 0.5) is 21.7 Å². The molecule has 0 aliphatic heterocycles. The average Bonchev–Trinajstić information content (AvgIpc) is 2.78. The van der Waals surface area contributed by atoms with E-state index in [4.69, 9.17) is 0 Å². The summed E-state index contributed by atoms with van der Waals surface area (Å²) < 4.78 is 13.2. The van der Waals surface area contributed by atoms with E-state index in [1.54, 1.807) is 25.3 Å². The van der Waals surface area contributed by atoms with Crippen molar-refractivity contribution in [2.24, 2.45) is 5.10 Å². The lowest BCUT2D eigenvalue weighted by molar-refractivity contribution is 0.475. The van der Waals surface area contributed by atoms with Gasteiger partial charge in [0, 0.05) is 5.69 Å². The van der Waals surface area contributed by atoms with E-state index in [2.05, 4.69) is 30.8 Å². The van der Waals surface area contributed by atoms with E-state index in [0.29, 0.717) is 5.69 Å². The Hall–Kier alpha value is -4.33. The van der Waals surface area contributed by atoms with Crippen molar-refractivity contribution in [1.29, 1.82) is 0 Å². The van der Waals surface area contributed by atoms with Crippen molar-refractivity contribution >= 4 is 23.5 Å². The molecule has 7 nitrogen and oxygen atoms in total. The zero-order chi connectivity index (χ0) is 21.6. The van der Waals surface area contributed by atoms with Gasteiger partial charge in [-0.2, -0.15) is 5.10 Å². The number of rotatable bonds is 6. The summed E-state index contributed by atoms with van der Waals surface area (Å²) in [6.07, 6.45) is 4.31. The Bertz CT molecular complexity index is 1210. The molecule has 0 unspecified atom stereocenters. The zero-order valence-corrected chi connectivity index (χ0v) is 16.6. The standard InChI is InChI=1S/C23H19FN6O/c1-15-22(24)14-26-23(28-15)30-27-13-19-9-10-20(12-25-19)29-18-7-5-16(6-8-18)17-3-2-4-21(31)11-17/h2-14,29,31H,1H3,(H,26,28,30)/b27-13+. The molecule has 0 aliphatic carbocycles. The van der Waals surface area contributed by atoms with Crippen LogP contribution in [0.2, 0.25) is 0 Å². The summed E-state index contributed by atoms with van der Waals surface area (Å²) >= 11 is 0. The van der Waals surface area contributed by atoms with Crippen LogP contribution in [0.1, 0.15) is 11.4 Å². The largest absolute Gasteiger partial charge is 0.508 e. The van der Waals surface area contributed by atoms with Gasteiger partial charge in [0.05, 0.1) is 35.7 Å². The number of hydrogen-bond donors (Lipinski definition) is 3. The number of phenols is 1. The van der Waals surface area contributed by atoms with Crippen molar-refractivity contribution in [2.45, 2.75) is 6.92 Å². The van der Waals surface area contributed by atoms with E-state index >= 15 is 0 Å². The molecular weight excluding hydrogens is 395 g/mol. The maximum absolute atomic E-state index is 13.2. The molecule has 8 heteroatoms. The molecule has 0 saturated heterocycles. The van der Waals surface area contributed by atoms with Crippen molar-refractivity contribution in [1.82, 2.24) is 15.0 Å². The first kappa shape index (κ1) is 20.0. The van der Waals surface area contributed by atoms with Gasteiger partial charge in [-0.25, -0.2) is 19.8 Å². The summed E-state index contributed by atoms with van der Waals surface area (Å²) in [6, 6.07) is 18.7. The van der Waals surface area contributed by atoms with Crippen LogP contribution in [0, 0.1) is 12.7 Å². The third-order valence-electron chi connectivity index (χ3n) is 4.42. The quantitative estimate of drug-likeness (QED) is 0.307. The Kier molecular flexibility index (Phi) is 5.79. The number of halogens is 1. The normalized spacial score (nSPS) is 10.9. The molecule has 4 aromatic rings. The fourth-order valence-electron chi connectivity index (χ4n) is 2.82. The summed E-state index contributed by atoms with van der Waals surface area (Å²) in [4.78, 5) is 12.1. The topological polar surface area (TPSA) is 95.3 Å². The molecule has 0 amide bonds. The molecule has 0 atom stereocenters. The highest BCUT2D eigenvalue weighted by molar-refractivity contribution is 5.78. The fraction of sp³-hybridized carbons (Fsp3) is 0.0435. The van der Waals surface area contributed by atoms with Gasteiger partial charge in [-0.3, -0.25) is 4.98 Å². The maximum atomic E-state index is 13.2. The second-order valence-corrected chi connectivity index (χ2v) is 6.72. The zero-order valence-electron chi connectivity index (χ0n) is 16.6. The van der Waals surface area contributed by atoms with E-state index < -0.39 is 5.82 Å². The van der Waals surface area contributed by atoms with E-state index in [0.717, 1.165) is 28.7 Å². The molecule has 154 valence electrons. The van der Waals surface area contributed by atoms with Crippen molar-refractivity contribution < 1.29 is 9.50 Å². The van der Waals surface area contributed by atoms with Crippen LogP contribution < -0.4 is 10.7 Å².